The van der Waals surface area contributed by atoms with Gasteiger partial charge in [0.05, 0.1) is 6.61 Å². The molecule has 0 bridgehead atoms. The zero-order chi connectivity index (χ0) is 18.5. The van der Waals surface area contributed by atoms with Gasteiger partial charge in [-0.3, -0.25) is 9.78 Å². The van der Waals surface area contributed by atoms with E-state index in [1.165, 1.54) is 0 Å². The van der Waals surface area contributed by atoms with E-state index in [-0.39, 0.29) is 5.91 Å². The van der Waals surface area contributed by atoms with Crippen molar-refractivity contribution in [3.8, 4) is 5.75 Å². The molecule has 0 atom stereocenters. The highest BCUT2D eigenvalue weighted by Gasteiger charge is 2.09. The summed E-state index contributed by atoms with van der Waals surface area (Å²) in [6.45, 7) is 1.08. The van der Waals surface area contributed by atoms with Crippen LogP contribution < -0.4 is 10.1 Å². The highest BCUT2D eigenvalue weighted by molar-refractivity contribution is 6.06. The Morgan fingerprint density at radius 3 is 2.63 bits per heavy atom. The highest BCUT2D eigenvalue weighted by atomic mass is 16.5. The Balaban J connectivity index is 1.33. The number of hydrogen-bond acceptors (Lipinski definition) is 3. The molecule has 0 radical (unpaired) electrons. The van der Waals surface area contributed by atoms with Gasteiger partial charge in [-0.25, -0.2) is 0 Å². The van der Waals surface area contributed by atoms with E-state index in [0.29, 0.717) is 18.7 Å². The summed E-state index contributed by atoms with van der Waals surface area (Å²) < 4.78 is 5.86. The van der Waals surface area contributed by atoms with Crippen molar-refractivity contribution in [2.45, 2.75) is 6.42 Å². The van der Waals surface area contributed by atoms with Gasteiger partial charge >= 0.3 is 0 Å². The molecule has 134 valence electrons. The zero-order valence-electron chi connectivity index (χ0n) is 14.9. The van der Waals surface area contributed by atoms with Gasteiger partial charge in [0.15, 0.2) is 0 Å². The van der Waals surface area contributed by atoms with E-state index < -0.39 is 0 Å². The monoisotopic (exact) mass is 356 g/mol. The SMILES string of the molecule is O=C(NCCCOc1cccc2cccnc12)c1cccc2ccccc12. The lowest BCUT2D eigenvalue weighted by molar-refractivity contribution is 0.0953. The van der Waals surface area contributed by atoms with Gasteiger partial charge in [-0.05, 0) is 35.4 Å². The van der Waals surface area contributed by atoms with Gasteiger partial charge in [-0.2, -0.15) is 0 Å². The van der Waals surface area contributed by atoms with E-state index in [4.69, 9.17) is 4.74 Å². The largest absolute Gasteiger partial charge is 0.491 e. The van der Waals surface area contributed by atoms with Crippen LogP contribution in [0.25, 0.3) is 21.7 Å². The van der Waals surface area contributed by atoms with E-state index in [1.807, 2.05) is 72.8 Å². The molecule has 0 saturated heterocycles. The number of carbonyl (C=O) groups is 1. The molecule has 1 amide bonds. The summed E-state index contributed by atoms with van der Waals surface area (Å²) in [6, 6.07) is 23.5. The topological polar surface area (TPSA) is 51.2 Å². The molecule has 27 heavy (non-hydrogen) atoms. The predicted octanol–water partition coefficient (Wildman–Crippen LogP) is 4.59. The van der Waals surface area contributed by atoms with Crippen molar-refractivity contribution in [2.75, 3.05) is 13.2 Å². The number of nitrogens with zero attached hydrogens (tertiary/aromatic N) is 1. The number of amides is 1. The fourth-order valence-corrected chi connectivity index (χ4v) is 3.17. The summed E-state index contributed by atoms with van der Waals surface area (Å²) in [7, 11) is 0. The van der Waals surface area contributed by atoms with Crippen LogP contribution in [-0.4, -0.2) is 24.0 Å². The van der Waals surface area contributed by atoms with Gasteiger partial charge in [0, 0.05) is 23.7 Å². The van der Waals surface area contributed by atoms with Crippen molar-refractivity contribution in [1.82, 2.24) is 10.3 Å². The normalized spacial score (nSPS) is 10.8. The highest BCUT2D eigenvalue weighted by Crippen LogP contribution is 2.23. The maximum Gasteiger partial charge on any atom is 0.251 e. The minimum Gasteiger partial charge on any atom is -0.491 e. The number of hydrogen-bond donors (Lipinski definition) is 1. The van der Waals surface area contributed by atoms with E-state index >= 15 is 0 Å². The number of nitrogens with one attached hydrogen (secondary N) is 1. The molecule has 4 heteroatoms. The van der Waals surface area contributed by atoms with Gasteiger partial charge in [-0.15, -0.1) is 0 Å². The van der Waals surface area contributed by atoms with Crippen LogP contribution in [0.4, 0.5) is 0 Å². The number of pyridine rings is 1. The number of aromatic nitrogens is 1. The van der Waals surface area contributed by atoms with Gasteiger partial charge < -0.3 is 10.1 Å². The van der Waals surface area contributed by atoms with E-state index in [0.717, 1.165) is 33.8 Å². The molecule has 1 aromatic heterocycles. The second kappa shape index (κ2) is 7.87. The first-order valence-corrected chi connectivity index (χ1v) is 9.05. The quantitative estimate of drug-likeness (QED) is 0.514. The average molecular weight is 356 g/mol. The lowest BCUT2D eigenvalue weighted by atomic mass is 10.0. The molecule has 0 aliphatic heterocycles. The molecule has 4 rings (SSSR count). The summed E-state index contributed by atoms with van der Waals surface area (Å²) in [5.41, 5.74) is 1.56. The van der Waals surface area contributed by atoms with Gasteiger partial charge in [0.1, 0.15) is 11.3 Å². The Kier molecular flexibility index (Phi) is 4.97. The Labute approximate surface area is 157 Å². The lowest BCUT2D eigenvalue weighted by Gasteiger charge is -2.10. The molecule has 0 aliphatic carbocycles. The Bertz CT molecular complexity index is 1080. The van der Waals surface area contributed by atoms with Crippen LogP contribution in [0.5, 0.6) is 5.75 Å². The van der Waals surface area contributed by atoms with Crippen molar-refractivity contribution in [1.29, 1.82) is 0 Å². The zero-order valence-corrected chi connectivity index (χ0v) is 14.9. The van der Waals surface area contributed by atoms with Gasteiger partial charge in [-0.1, -0.05) is 54.6 Å². The molecule has 0 fully saturated rings. The average Bonchev–Trinajstić information content (AvgIpc) is 2.73. The van der Waals surface area contributed by atoms with E-state index in [1.54, 1.807) is 6.20 Å². The van der Waals surface area contributed by atoms with Crippen LogP contribution in [0.15, 0.2) is 79.0 Å². The number of rotatable bonds is 6. The third-order valence-corrected chi connectivity index (χ3v) is 4.49. The Morgan fingerprint density at radius 2 is 1.67 bits per heavy atom. The van der Waals surface area contributed by atoms with Crippen molar-refractivity contribution in [3.63, 3.8) is 0 Å². The molecular weight excluding hydrogens is 336 g/mol. The third-order valence-electron chi connectivity index (χ3n) is 4.49. The van der Waals surface area contributed by atoms with Crippen molar-refractivity contribution < 1.29 is 9.53 Å². The molecule has 4 nitrogen and oxygen atoms in total. The number of benzene rings is 3. The van der Waals surface area contributed by atoms with Crippen LogP contribution in [0.2, 0.25) is 0 Å². The van der Waals surface area contributed by atoms with E-state index in [2.05, 4.69) is 10.3 Å². The summed E-state index contributed by atoms with van der Waals surface area (Å²) >= 11 is 0. The summed E-state index contributed by atoms with van der Waals surface area (Å²) in [5, 5.41) is 6.07. The standard InChI is InChI=1S/C23H20N2O2/c26-23(20-12-3-8-17-7-1-2-11-19(17)20)25-15-6-16-27-21-13-4-9-18-10-5-14-24-22(18)21/h1-5,7-14H,6,15-16H2,(H,25,26). The Hall–Kier alpha value is -3.40. The molecule has 4 aromatic rings. The predicted molar refractivity (Wildman–Crippen MR) is 108 cm³/mol. The van der Waals surface area contributed by atoms with Crippen LogP contribution in [0, 0.1) is 0 Å². The first-order valence-electron chi connectivity index (χ1n) is 9.05. The van der Waals surface area contributed by atoms with Crippen molar-refractivity contribution >= 4 is 27.6 Å². The Morgan fingerprint density at radius 1 is 0.889 bits per heavy atom. The fraction of sp³-hybridized carbons (Fsp3) is 0.130. The molecule has 0 unspecified atom stereocenters. The minimum atomic E-state index is -0.0568. The molecule has 0 aliphatic rings. The molecule has 1 N–H and O–H groups in total. The molecule has 0 saturated carbocycles. The third kappa shape index (κ3) is 3.75. The second-order valence-electron chi connectivity index (χ2n) is 6.32. The van der Waals surface area contributed by atoms with Gasteiger partial charge in [0.2, 0.25) is 0 Å². The second-order valence-corrected chi connectivity index (χ2v) is 6.32. The van der Waals surface area contributed by atoms with Crippen molar-refractivity contribution in [2.24, 2.45) is 0 Å². The lowest BCUT2D eigenvalue weighted by Crippen LogP contribution is -2.25. The number of carbonyl (C=O) groups excluding carboxylic acids is 1. The molecular formula is C23H20N2O2. The minimum absolute atomic E-state index is 0.0568. The first-order chi connectivity index (χ1) is 13.3. The van der Waals surface area contributed by atoms with Crippen molar-refractivity contribution in [3.05, 3.63) is 84.6 Å². The summed E-state index contributed by atoms with van der Waals surface area (Å²) in [5.74, 6) is 0.715. The van der Waals surface area contributed by atoms with Crippen LogP contribution >= 0.6 is 0 Å². The van der Waals surface area contributed by atoms with Gasteiger partial charge in [0.25, 0.3) is 5.91 Å². The molecule has 3 aromatic carbocycles. The summed E-state index contributed by atoms with van der Waals surface area (Å²) in [4.78, 5) is 16.9. The maximum atomic E-state index is 12.5. The van der Waals surface area contributed by atoms with E-state index in [9.17, 15) is 4.79 Å². The molecule has 0 spiro atoms. The van der Waals surface area contributed by atoms with Crippen LogP contribution in [0.1, 0.15) is 16.8 Å². The molecule has 1 heterocycles. The number of para-hydroxylation sites is 1. The number of ether oxygens (including phenoxy) is 1. The smallest absolute Gasteiger partial charge is 0.251 e. The first kappa shape index (κ1) is 17.0. The summed E-state index contributed by atoms with van der Waals surface area (Å²) in [6.07, 6.45) is 2.49. The van der Waals surface area contributed by atoms with Crippen LogP contribution in [-0.2, 0) is 0 Å². The van der Waals surface area contributed by atoms with Crippen LogP contribution in [0.3, 0.4) is 0 Å². The number of fused-ring (bicyclic) bond motifs is 2. The maximum absolute atomic E-state index is 12.5. The fourth-order valence-electron chi connectivity index (χ4n) is 3.17.